The molecule has 0 amide bonds. The Kier molecular flexibility index (Phi) is 6.13. The molecule has 0 radical (unpaired) electrons. The number of ether oxygens (including phenoxy) is 1. The molecule has 0 aromatic heterocycles. The van der Waals surface area contributed by atoms with Crippen LogP contribution >= 0.6 is 0 Å². The zero-order valence-electron chi connectivity index (χ0n) is 16.1. The summed E-state index contributed by atoms with van der Waals surface area (Å²) in [5.74, 6) is 1.14. The van der Waals surface area contributed by atoms with E-state index in [0.29, 0.717) is 17.8 Å². The first-order valence-electron chi connectivity index (χ1n) is 9.86. The molecular weight excluding hydrogens is 320 g/mol. The number of carbonyl (C=O) groups excluding carboxylic acids is 1. The summed E-state index contributed by atoms with van der Waals surface area (Å²) in [6, 6.07) is 20.0. The van der Waals surface area contributed by atoms with Crippen molar-refractivity contribution >= 4 is 5.97 Å². The van der Waals surface area contributed by atoms with Gasteiger partial charge in [0.2, 0.25) is 0 Å². The topological polar surface area (TPSA) is 26.3 Å². The van der Waals surface area contributed by atoms with E-state index in [2.05, 4.69) is 20.8 Å². The third-order valence-electron chi connectivity index (χ3n) is 5.73. The van der Waals surface area contributed by atoms with Gasteiger partial charge in [-0.2, -0.15) is 0 Å². The van der Waals surface area contributed by atoms with Crippen molar-refractivity contribution in [3.8, 4) is 0 Å². The molecule has 26 heavy (non-hydrogen) atoms. The van der Waals surface area contributed by atoms with E-state index in [1.165, 1.54) is 6.42 Å². The molecule has 1 fully saturated rings. The molecule has 0 saturated heterocycles. The maximum atomic E-state index is 13.3. The first-order valence-corrected chi connectivity index (χ1v) is 9.86. The minimum atomic E-state index is -0.359. The highest BCUT2D eigenvalue weighted by Gasteiger charge is 2.35. The minimum Gasteiger partial charge on any atom is -0.461 e. The predicted octanol–water partition coefficient (Wildman–Crippen LogP) is 5.82. The van der Waals surface area contributed by atoms with Crippen LogP contribution in [0.2, 0.25) is 0 Å². The fourth-order valence-corrected chi connectivity index (χ4v) is 4.22. The van der Waals surface area contributed by atoms with Gasteiger partial charge in [-0.1, -0.05) is 87.9 Å². The number of hydrogen-bond acceptors (Lipinski definition) is 2. The third kappa shape index (κ3) is 4.35. The second-order valence-electron chi connectivity index (χ2n) is 8.06. The fraction of sp³-hybridized carbons (Fsp3) is 0.458. The summed E-state index contributed by atoms with van der Waals surface area (Å²) in [6.45, 7) is 6.75. The molecule has 0 aliphatic heterocycles. The zero-order chi connectivity index (χ0) is 18.5. The monoisotopic (exact) mass is 350 g/mol. The van der Waals surface area contributed by atoms with Crippen LogP contribution in [-0.2, 0) is 9.53 Å². The Balaban J connectivity index is 1.86. The Bertz CT molecular complexity index is 653. The van der Waals surface area contributed by atoms with Gasteiger partial charge in [-0.05, 0) is 41.7 Å². The lowest BCUT2D eigenvalue weighted by molar-refractivity contribution is -0.156. The van der Waals surface area contributed by atoms with Crippen LogP contribution in [0.3, 0.4) is 0 Å². The maximum absolute atomic E-state index is 13.3. The van der Waals surface area contributed by atoms with E-state index in [1.54, 1.807) is 0 Å². The van der Waals surface area contributed by atoms with Gasteiger partial charge in [0, 0.05) is 0 Å². The Hall–Kier alpha value is -2.09. The summed E-state index contributed by atoms with van der Waals surface area (Å²) in [6.07, 6.45) is 3.39. The molecule has 0 N–H and O–H groups in total. The Labute approximate surface area is 157 Å². The van der Waals surface area contributed by atoms with Crippen molar-refractivity contribution in [2.45, 2.75) is 52.1 Å². The van der Waals surface area contributed by atoms with E-state index in [9.17, 15) is 4.79 Å². The van der Waals surface area contributed by atoms with Crippen molar-refractivity contribution < 1.29 is 9.53 Å². The quantitative estimate of drug-likeness (QED) is 0.635. The van der Waals surface area contributed by atoms with Crippen molar-refractivity contribution in [3.05, 3.63) is 71.8 Å². The molecule has 2 nitrogen and oxygen atoms in total. The number of esters is 1. The lowest BCUT2D eigenvalue weighted by Gasteiger charge is -2.37. The molecule has 2 heteroatoms. The van der Waals surface area contributed by atoms with Crippen LogP contribution in [-0.4, -0.2) is 12.1 Å². The van der Waals surface area contributed by atoms with E-state index in [1.807, 2.05) is 60.7 Å². The van der Waals surface area contributed by atoms with Crippen LogP contribution in [0.4, 0.5) is 0 Å². The number of carbonyl (C=O) groups is 1. The molecule has 0 spiro atoms. The van der Waals surface area contributed by atoms with E-state index in [4.69, 9.17) is 4.74 Å². The highest BCUT2D eigenvalue weighted by molar-refractivity contribution is 5.82. The Morgan fingerprint density at radius 2 is 1.46 bits per heavy atom. The van der Waals surface area contributed by atoms with Gasteiger partial charge in [-0.25, -0.2) is 0 Å². The molecule has 1 saturated carbocycles. The van der Waals surface area contributed by atoms with Crippen molar-refractivity contribution in [2.24, 2.45) is 17.8 Å². The molecule has 1 aliphatic rings. The first-order chi connectivity index (χ1) is 12.6. The van der Waals surface area contributed by atoms with Crippen LogP contribution < -0.4 is 0 Å². The molecule has 0 bridgehead atoms. The first kappa shape index (κ1) is 18.7. The maximum Gasteiger partial charge on any atom is 0.318 e. The second-order valence-corrected chi connectivity index (χ2v) is 8.06. The molecule has 2 aromatic rings. The Morgan fingerprint density at radius 3 is 1.96 bits per heavy atom. The highest BCUT2D eigenvalue weighted by atomic mass is 16.5. The lowest BCUT2D eigenvalue weighted by Crippen LogP contribution is -2.37. The summed E-state index contributed by atoms with van der Waals surface area (Å²) < 4.78 is 6.17. The minimum absolute atomic E-state index is 0.0289. The van der Waals surface area contributed by atoms with Gasteiger partial charge in [-0.15, -0.1) is 0 Å². The summed E-state index contributed by atoms with van der Waals surface area (Å²) in [5.41, 5.74) is 1.99. The van der Waals surface area contributed by atoms with Crippen LogP contribution in [0.25, 0.3) is 0 Å². The molecule has 1 aliphatic carbocycles. The highest BCUT2D eigenvalue weighted by Crippen LogP contribution is 2.37. The van der Waals surface area contributed by atoms with E-state index >= 15 is 0 Å². The van der Waals surface area contributed by atoms with Gasteiger partial charge in [0.25, 0.3) is 0 Å². The van der Waals surface area contributed by atoms with Gasteiger partial charge in [0.15, 0.2) is 0 Å². The number of benzene rings is 2. The van der Waals surface area contributed by atoms with E-state index in [0.717, 1.165) is 24.0 Å². The molecular formula is C24H30O2. The van der Waals surface area contributed by atoms with Crippen LogP contribution in [0.15, 0.2) is 60.7 Å². The van der Waals surface area contributed by atoms with Crippen molar-refractivity contribution in [3.63, 3.8) is 0 Å². The standard InChI is InChI=1S/C24H30O2/c1-17(2)21-15-14-18(3)16-22(21)26-24(25)23(19-10-6-4-7-11-19)20-12-8-5-9-13-20/h4-13,17-18,21-23H,14-16H2,1-3H3/t18-,21-,22-/m1/s1. The third-order valence-corrected chi connectivity index (χ3v) is 5.73. The SMILES string of the molecule is CC(C)[C@H]1CC[C@@H](C)C[C@H]1OC(=O)C(c1ccccc1)c1ccccc1. The molecule has 3 atom stereocenters. The average Bonchev–Trinajstić information content (AvgIpc) is 2.63. The van der Waals surface area contributed by atoms with Crippen LogP contribution in [0.5, 0.6) is 0 Å². The summed E-state index contributed by atoms with van der Waals surface area (Å²) in [7, 11) is 0. The van der Waals surface area contributed by atoms with Crippen LogP contribution in [0.1, 0.15) is 57.1 Å². The van der Waals surface area contributed by atoms with E-state index < -0.39 is 0 Å². The summed E-state index contributed by atoms with van der Waals surface area (Å²) in [5, 5.41) is 0. The smallest absolute Gasteiger partial charge is 0.318 e. The van der Waals surface area contributed by atoms with Gasteiger partial charge in [0.1, 0.15) is 12.0 Å². The van der Waals surface area contributed by atoms with Gasteiger partial charge in [0.05, 0.1) is 0 Å². The number of rotatable bonds is 5. The number of hydrogen-bond donors (Lipinski definition) is 0. The van der Waals surface area contributed by atoms with Crippen molar-refractivity contribution in [2.75, 3.05) is 0 Å². The van der Waals surface area contributed by atoms with Crippen molar-refractivity contribution in [1.29, 1.82) is 0 Å². The molecule has 2 aromatic carbocycles. The zero-order valence-corrected chi connectivity index (χ0v) is 16.1. The Morgan fingerprint density at radius 1 is 0.923 bits per heavy atom. The van der Waals surface area contributed by atoms with Gasteiger partial charge >= 0.3 is 5.97 Å². The second kappa shape index (κ2) is 8.53. The lowest BCUT2D eigenvalue weighted by atomic mass is 9.75. The summed E-state index contributed by atoms with van der Waals surface area (Å²) in [4.78, 5) is 13.3. The molecule has 0 heterocycles. The molecule has 138 valence electrons. The molecule has 3 rings (SSSR count). The van der Waals surface area contributed by atoms with E-state index in [-0.39, 0.29) is 18.0 Å². The van der Waals surface area contributed by atoms with Crippen molar-refractivity contribution in [1.82, 2.24) is 0 Å². The van der Waals surface area contributed by atoms with Gasteiger partial charge in [-0.3, -0.25) is 4.79 Å². The summed E-state index contributed by atoms with van der Waals surface area (Å²) >= 11 is 0. The normalized spacial score (nSPS) is 23.2. The van der Waals surface area contributed by atoms with Crippen LogP contribution in [0, 0.1) is 17.8 Å². The predicted molar refractivity (Wildman–Crippen MR) is 106 cm³/mol. The molecule has 0 unspecified atom stereocenters. The fourth-order valence-electron chi connectivity index (χ4n) is 4.22. The largest absolute Gasteiger partial charge is 0.461 e. The van der Waals surface area contributed by atoms with Gasteiger partial charge < -0.3 is 4.74 Å². The average molecular weight is 351 g/mol.